The van der Waals surface area contributed by atoms with Gasteiger partial charge < -0.3 is 10.1 Å². The van der Waals surface area contributed by atoms with Crippen LogP contribution in [0.4, 0.5) is 0 Å². The minimum Gasteiger partial charge on any atom is -0.380 e. The highest BCUT2D eigenvalue weighted by Crippen LogP contribution is 1.93. The molecule has 74 valence electrons. The Morgan fingerprint density at radius 3 is 3.15 bits per heavy atom. The van der Waals surface area contributed by atoms with Gasteiger partial charge in [0.1, 0.15) is 12.2 Å². The van der Waals surface area contributed by atoms with Gasteiger partial charge in [0.15, 0.2) is 0 Å². The molecule has 5 nitrogen and oxygen atoms in total. The van der Waals surface area contributed by atoms with Crippen LogP contribution in [0.2, 0.25) is 0 Å². The van der Waals surface area contributed by atoms with Gasteiger partial charge in [0, 0.05) is 6.61 Å². The van der Waals surface area contributed by atoms with Gasteiger partial charge in [-0.25, -0.2) is 9.67 Å². The molecule has 1 aromatic rings. The molecule has 13 heavy (non-hydrogen) atoms. The number of nitrogens with zero attached hydrogens (tertiary/aromatic N) is 3. The van der Waals surface area contributed by atoms with E-state index < -0.39 is 0 Å². The van der Waals surface area contributed by atoms with Crippen LogP contribution in [-0.2, 0) is 17.8 Å². The zero-order chi connectivity index (χ0) is 9.52. The van der Waals surface area contributed by atoms with Crippen LogP contribution >= 0.6 is 0 Å². The Hall–Kier alpha value is -0.940. The van der Waals surface area contributed by atoms with E-state index in [1.54, 1.807) is 6.33 Å². The van der Waals surface area contributed by atoms with Gasteiger partial charge in [0.25, 0.3) is 0 Å². The summed E-state index contributed by atoms with van der Waals surface area (Å²) >= 11 is 0. The summed E-state index contributed by atoms with van der Waals surface area (Å²) in [7, 11) is 1.89. The quantitative estimate of drug-likeness (QED) is 0.634. The fourth-order valence-electron chi connectivity index (χ4n) is 1.07. The third kappa shape index (κ3) is 3.12. The molecule has 0 aliphatic heterocycles. The number of aromatic nitrogens is 3. The molecule has 0 fully saturated rings. The van der Waals surface area contributed by atoms with Crippen molar-refractivity contribution in [1.29, 1.82) is 0 Å². The summed E-state index contributed by atoms with van der Waals surface area (Å²) in [5.41, 5.74) is 0. The standard InChI is InChI=1S/C8H16N4O/c1-3-13-5-4-12-8(6-9-2)10-7-11-12/h7,9H,3-6H2,1-2H3. The van der Waals surface area contributed by atoms with Gasteiger partial charge >= 0.3 is 0 Å². The zero-order valence-electron chi connectivity index (χ0n) is 8.16. The van der Waals surface area contributed by atoms with Gasteiger partial charge in [-0.1, -0.05) is 0 Å². The molecular formula is C8H16N4O. The van der Waals surface area contributed by atoms with E-state index in [9.17, 15) is 0 Å². The Labute approximate surface area is 78.1 Å². The SMILES string of the molecule is CCOCCn1ncnc1CNC. The Morgan fingerprint density at radius 2 is 2.46 bits per heavy atom. The molecule has 1 heterocycles. The monoisotopic (exact) mass is 184 g/mol. The molecule has 0 saturated heterocycles. The summed E-state index contributed by atoms with van der Waals surface area (Å²) in [6.07, 6.45) is 1.57. The van der Waals surface area contributed by atoms with Crippen LogP contribution < -0.4 is 5.32 Å². The molecule has 1 rings (SSSR count). The van der Waals surface area contributed by atoms with E-state index in [4.69, 9.17) is 4.74 Å². The maximum Gasteiger partial charge on any atom is 0.140 e. The van der Waals surface area contributed by atoms with Crippen molar-refractivity contribution >= 4 is 0 Å². The van der Waals surface area contributed by atoms with E-state index in [0.29, 0.717) is 6.61 Å². The lowest BCUT2D eigenvalue weighted by molar-refractivity contribution is 0.135. The smallest absolute Gasteiger partial charge is 0.140 e. The van der Waals surface area contributed by atoms with Crippen molar-refractivity contribution in [2.24, 2.45) is 0 Å². The van der Waals surface area contributed by atoms with Crippen LogP contribution in [0.1, 0.15) is 12.7 Å². The molecule has 1 aromatic heterocycles. The molecule has 0 aliphatic carbocycles. The minimum atomic E-state index is 0.691. The van der Waals surface area contributed by atoms with E-state index in [2.05, 4.69) is 15.4 Å². The first-order valence-corrected chi connectivity index (χ1v) is 4.47. The van der Waals surface area contributed by atoms with Gasteiger partial charge in [0.2, 0.25) is 0 Å². The van der Waals surface area contributed by atoms with Crippen LogP contribution in [0.3, 0.4) is 0 Å². The largest absolute Gasteiger partial charge is 0.380 e. The number of hydrogen-bond donors (Lipinski definition) is 1. The van der Waals surface area contributed by atoms with Crippen molar-refractivity contribution in [1.82, 2.24) is 20.1 Å². The molecule has 0 radical (unpaired) electrons. The van der Waals surface area contributed by atoms with E-state index in [1.807, 2.05) is 18.7 Å². The summed E-state index contributed by atoms with van der Waals surface area (Å²) < 4.78 is 7.08. The molecule has 0 unspecified atom stereocenters. The second-order valence-corrected chi connectivity index (χ2v) is 2.63. The summed E-state index contributed by atoms with van der Waals surface area (Å²) in [6, 6.07) is 0. The minimum absolute atomic E-state index is 0.691. The fraction of sp³-hybridized carbons (Fsp3) is 0.750. The molecule has 0 aromatic carbocycles. The van der Waals surface area contributed by atoms with Crippen molar-refractivity contribution in [3.8, 4) is 0 Å². The van der Waals surface area contributed by atoms with E-state index in [1.165, 1.54) is 0 Å². The highest BCUT2D eigenvalue weighted by atomic mass is 16.5. The summed E-state index contributed by atoms with van der Waals surface area (Å²) in [4.78, 5) is 4.12. The van der Waals surface area contributed by atoms with E-state index in [0.717, 1.165) is 25.5 Å². The maximum absolute atomic E-state index is 5.23. The number of hydrogen-bond acceptors (Lipinski definition) is 4. The van der Waals surface area contributed by atoms with Crippen molar-refractivity contribution in [2.75, 3.05) is 20.3 Å². The normalized spacial score (nSPS) is 10.6. The molecule has 0 bridgehead atoms. The van der Waals surface area contributed by atoms with Gasteiger partial charge in [-0.05, 0) is 14.0 Å². The predicted molar refractivity (Wildman–Crippen MR) is 49.3 cm³/mol. The molecule has 0 aliphatic rings. The first-order valence-electron chi connectivity index (χ1n) is 4.47. The molecule has 1 N–H and O–H groups in total. The van der Waals surface area contributed by atoms with Crippen LogP contribution in [0, 0.1) is 0 Å². The van der Waals surface area contributed by atoms with Gasteiger partial charge in [-0.2, -0.15) is 5.10 Å². The molecule has 0 spiro atoms. The lowest BCUT2D eigenvalue weighted by Crippen LogP contribution is -2.15. The Morgan fingerprint density at radius 1 is 1.62 bits per heavy atom. The average molecular weight is 184 g/mol. The molecule has 0 amide bonds. The summed E-state index contributed by atoms with van der Waals surface area (Å²) in [5.74, 6) is 0.946. The van der Waals surface area contributed by atoms with Crippen LogP contribution in [0.5, 0.6) is 0 Å². The molecular weight excluding hydrogens is 168 g/mol. The van der Waals surface area contributed by atoms with Crippen molar-refractivity contribution in [3.05, 3.63) is 12.2 Å². The second-order valence-electron chi connectivity index (χ2n) is 2.63. The summed E-state index contributed by atoms with van der Waals surface area (Å²) in [5, 5.41) is 7.13. The highest BCUT2D eigenvalue weighted by molar-refractivity contribution is 4.82. The number of nitrogens with one attached hydrogen (secondary N) is 1. The van der Waals surface area contributed by atoms with Gasteiger partial charge in [0.05, 0.1) is 19.7 Å². The maximum atomic E-state index is 5.23. The number of ether oxygens (including phenoxy) is 1. The Bertz CT molecular complexity index is 236. The lowest BCUT2D eigenvalue weighted by atomic mass is 10.5. The Kier molecular flexibility index (Phi) is 4.42. The van der Waals surface area contributed by atoms with Crippen molar-refractivity contribution in [3.63, 3.8) is 0 Å². The van der Waals surface area contributed by atoms with E-state index >= 15 is 0 Å². The van der Waals surface area contributed by atoms with Crippen LogP contribution in [0.25, 0.3) is 0 Å². The van der Waals surface area contributed by atoms with Crippen molar-refractivity contribution < 1.29 is 4.74 Å². The van der Waals surface area contributed by atoms with Crippen molar-refractivity contribution in [2.45, 2.75) is 20.0 Å². The molecule has 0 atom stereocenters. The third-order valence-corrected chi connectivity index (χ3v) is 1.68. The molecule has 0 saturated carbocycles. The van der Waals surface area contributed by atoms with E-state index in [-0.39, 0.29) is 0 Å². The van der Waals surface area contributed by atoms with Gasteiger partial charge in [-0.3, -0.25) is 0 Å². The highest BCUT2D eigenvalue weighted by Gasteiger charge is 2.01. The lowest BCUT2D eigenvalue weighted by Gasteiger charge is -2.04. The predicted octanol–water partition coefficient (Wildman–Crippen LogP) is 0.0340. The summed E-state index contributed by atoms with van der Waals surface area (Å²) in [6.45, 7) is 4.93. The van der Waals surface area contributed by atoms with Crippen LogP contribution in [0.15, 0.2) is 6.33 Å². The second kappa shape index (κ2) is 5.66. The average Bonchev–Trinajstić information content (AvgIpc) is 2.54. The van der Waals surface area contributed by atoms with Crippen LogP contribution in [-0.4, -0.2) is 35.0 Å². The third-order valence-electron chi connectivity index (χ3n) is 1.68. The first kappa shape index (κ1) is 10.1. The molecule has 5 heteroatoms. The van der Waals surface area contributed by atoms with Gasteiger partial charge in [-0.15, -0.1) is 0 Å². The first-order chi connectivity index (χ1) is 6.38. The fourth-order valence-corrected chi connectivity index (χ4v) is 1.07. The zero-order valence-corrected chi connectivity index (χ0v) is 8.16. The number of rotatable bonds is 6. The Balaban J connectivity index is 2.40. The topological polar surface area (TPSA) is 52.0 Å².